The smallest absolute Gasteiger partial charge is 0.337 e. The highest BCUT2D eigenvalue weighted by Gasteiger charge is 2.26. The third-order valence-electron chi connectivity index (χ3n) is 4.61. The number of ether oxygens (including phenoxy) is 1. The lowest BCUT2D eigenvalue weighted by Crippen LogP contribution is -2.35. The second-order valence-electron chi connectivity index (χ2n) is 7.06. The molecule has 0 aliphatic rings. The molecule has 0 saturated carbocycles. The zero-order valence-corrected chi connectivity index (χ0v) is 17.9. The number of nitrogens with one attached hydrogen (secondary N) is 1. The number of nitrogens with zero attached hydrogens (tertiary/aromatic N) is 2. The second kappa shape index (κ2) is 8.66. The van der Waals surface area contributed by atoms with Gasteiger partial charge in [0.15, 0.2) is 0 Å². The molecule has 0 saturated heterocycles. The molecule has 0 aliphatic heterocycles. The zero-order chi connectivity index (χ0) is 22.0. The van der Waals surface area contributed by atoms with Gasteiger partial charge in [0.1, 0.15) is 22.4 Å². The van der Waals surface area contributed by atoms with Gasteiger partial charge in [-0.15, -0.1) is 11.3 Å². The summed E-state index contributed by atoms with van der Waals surface area (Å²) in [5.41, 5.74) is -0.0717. The number of anilines is 1. The van der Waals surface area contributed by atoms with Crippen molar-refractivity contribution in [3.63, 3.8) is 0 Å². The maximum Gasteiger partial charge on any atom is 0.337 e. The number of carboxylic acids is 1. The van der Waals surface area contributed by atoms with Crippen LogP contribution in [0.1, 0.15) is 55.8 Å². The van der Waals surface area contributed by atoms with Crippen LogP contribution in [0.2, 0.25) is 0 Å². The van der Waals surface area contributed by atoms with E-state index in [4.69, 9.17) is 4.74 Å². The Hall–Kier alpha value is -3.20. The number of hydrogen-bond acceptors (Lipinski definition) is 6. The first-order valence-electron chi connectivity index (χ1n) is 9.55. The van der Waals surface area contributed by atoms with Crippen molar-refractivity contribution in [2.75, 3.05) is 11.9 Å². The van der Waals surface area contributed by atoms with E-state index in [1.807, 2.05) is 20.8 Å². The Morgan fingerprint density at radius 3 is 2.47 bits per heavy atom. The molecule has 2 aromatic heterocycles. The third-order valence-corrected chi connectivity index (χ3v) is 5.49. The van der Waals surface area contributed by atoms with Crippen molar-refractivity contribution in [3.05, 3.63) is 51.4 Å². The lowest BCUT2D eigenvalue weighted by atomic mass is 10.1. The number of aromatic carboxylic acids is 1. The van der Waals surface area contributed by atoms with Gasteiger partial charge in [0.25, 0.3) is 5.56 Å². The van der Waals surface area contributed by atoms with Crippen molar-refractivity contribution in [1.29, 1.82) is 0 Å². The molecule has 3 rings (SSSR count). The summed E-state index contributed by atoms with van der Waals surface area (Å²) in [6.07, 6.45) is 0. The number of rotatable bonds is 7. The van der Waals surface area contributed by atoms with Gasteiger partial charge in [0.2, 0.25) is 5.91 Å². The van der Waals surface area contributed by atoms with Crippen LogP contribution in [0, 0.1) is 0 Å². The van der Waals surface area contributed by atoms with E-state index in [-0.39, 0.29) is 16.9 Å². The summed E-state index contributed by atoms with van der Waals surface area (Å²) in [6, 6.07) is 6.02. The molecular weight excluding hydrogens is 406 g/mol. The van der Waals surface area contributed by atoms with Crippen molar-refractivity contribution in [2.24, 2.45) is 0 Å². The minimum absolute atomic E-state index is 0.0256. The molecule has 3 aromatic rings. The Bertz CT molecular complexity index is 1150. The summed E-state index contributed by atoms with van der Waals surface area (Å²) < 4.78 is 6.68. The van der Waals surface area contributed by atoms with Crippen LogP contribution in [0.15, 0.2) is 34.4 Å². The molecule has 0 aliphatic carbocycles. The van der Waals surface area contributed by atoms with Gasteiger partial charge in [-0.1, -0.05) is 13.8 Å². The predicted octanol–water partition coefficient (Wildman–Crippen LogP) is 3.88. The highest BCUT2D eigenvalue weighted by molar-refractivity contribution is 7.17. The number of benzene rings is 1. The Morgan fingerprint density at radius 2 is 1.90 bits per heavy atom. The van der Waals surface area contributed by atoms with Crippen molar-refractivity contribution in [3.8, 4) is 5.75 Å². The molecule has 8 nitrogen and oxygen atoms in total. The first kappa shape index (κ1) is 21.5. The number of fused-ring (bicyclic) bond motifs is 1. The first-order chi connectivity index (χ1) is 14.2. The second-order valence-corrected chi connectivity index (χ2v) is 7.92. The number of thiophene rings is 1. The van der Waals surface area contributed by atoms with Gasteiger partial charge in [-0.3, -0.25) is 14.2 Å². The fourth-order valence-electron chi connectivity index (χ4n) is 3.12. The summed E-state index contributed by atoms with van der Waals surface area (Å²) >= 11 is 1.11. The van der Waals surface area contributed by atoms with E-state index in [1.54, 1.807) is 31.2 Å². The largest absolute Gasteiger partial charge is 0.494 e. The minimum atomic E-state index is -1.20. The quantitative estimate of drug-likeness (QED) is 0.590. The first-order valence-corrected chi connectivity index (χ1v) is 10.4. The maximum absolute atomic E-state index is 13.2. The lowest BCUT2D eigenvalue weighted by molar-refractivity contribution is -0.119. The van der Waals surface area contributed by atoms with Crippen LogP contribution in [-0.4, -0.2) is 33.1 Å². The van der Waals surface area contributed by atoms with Crippen LogP contribution in [0.4, 0.5) is 5.69 Å². The molecule has 1 amide bonds. The molecule has 0 spiro atoms. The molecule has 30 heavy (non-hydrogen) atoms. The van der Waals surface area contributed by atoms with E-state index >= 15 is 0 Å². The standard InChI is InChI=1S/C21H23N3O5S/c1-5-29-14-8-6-13(7-9-14)22-18(25)12(4)24-17(11(2)3)23-19-16(20(24)26)15(10-30-19)21(27)28/h6-12H,5H2,1-4H3,(H,22,25)(H,27,28). The van der Waals surface area contributed by atoms with Gasteiger partial charge >= 0.3 is 5.97 Å². The van der Waals surface area contributed by atoms with E-state index < -0.39 is 23.5 Å². The van der Waals surface area contributed by atoms with Crippen molar-refractivity contribution in [1.82, 2.24) is 9.55 Å². The Kier molecular flexibility index (Phi) is 6.21. The average Bonchev–Trinajstić information content (AvgIpc) is 3.14. The molecule has 0 bridgehead atoms. The zero-order valence-electron chi connectivity index (χ0n) is 17.1. The van der Waals surface area contributed by atoms with E-state index in [9.17, 15) is 19.5 Å². The summed E-state index contributed by atoms with van der Waals surface area (Å²) in [5, 5.41) is 13.6. The Balaban J connectivity index is 2.01. The molecule has 0 fully saturated rings. The molecule has 1 atom stereocenters. The molecule has 158 valence electrons. The van der Waals surface area contributed by atoms with Crippen LogP contribution < -0.4 is 15.6 Å². The van der Waals surface area contributed by atoms with Crippen molar-refractivity contribution in [2.45, 2.75) is 39.7 Å². The molecule has 2 heterocycles. The van der Waals surface area contributed by atoms with Crippen molar-refractivity contribution < 1.29 is 19.4 Å². The summed E-state index contributed by atoms with van der Waals surface area (Å²) in [4.78, 5) is 42.5. The monoisotopic (exact) mass is 429 g/mol. The minimum Gasteiger partial charge on any atom is -0.494 e. The van der Waals surface area contributed by atoms with E-state index in [2.05, 4.69) is 10.3 Å². The number of hydrogen-bond donors (Lipinski definition) is 2. The fraction of sp³-hybridized carbons (Fsp3) is 0.333. The number of carbonyl (C=O) groups excluding carboxylic acids is 1. The van der Waals surface area contributed by atoms with Crippen LogP contribution in [0.3, 0.4) is 0 Å². The van der Waals surface area contributed by atoms with Crippen LogP contribution in [-0.2, 0) is 4.79 Å². The topological polar surface area (TPSA) is 111 Å². The van der Waals surface area contributed by atoms with Crippen molar-refractivity contribution >= 4 is 39.1 Å². The summed E-state index contributed by atoms with van der Waals surface area (Å²) in [5.74, 6) is -0.624. The van der Waals surface area contributed by atoms with E-state index in [0.717, 1.165) is 11.3 Å². The van der Waals surface area contributed by atoms with Gasteiger partial charge in [0.05, 0.1) is 17.6 Å². The van der Waals surface area contributed by atoms with Crippen LogP contribution in [0.5, 0.6) is 5.75 Å². The van der Waals surface area contributed by atoms with Crippen LogP contribution in [0.25, 0.3) is 10.2 Å². The third kappa shape index (κ3) is 4.06. The molecule has 0 radical (unpaired) electrons. The Morgan fingerprint density at radius 1 is 1.23 bits per heavy atom. The molecule has 2 N–H and O–H groups in total. The normalized spacial score (nSPS) is 12.2. The van der Waals surface area contributed by atoms with Gasteiger partial charge < -0.3 is 15.2 Å². The predicted molar refractivity (Wildman–Crippen MR) is 116 cm³/mol. The number of carbonyl (C=O) groups is 2. The number of carboxylic acid groups (broad SMARTS) is 1. The highest BCUT2D eigenvalue weighted by Crippen LogP contribution is 2.26. The van der Waals surface area contributed by atoms with Gasteiger partial charge in [0, 0.05) is 17.0 Å². The van der Waals surface area contributed by atoms with Gasteiger partial charge in [-0.2, -0.15) is 0 Å². The maximum atomic E-state index is 13.2. The Labute approximate surface area is 177 Å². The summed E-state index contributed by atoms with van der Waals surface area (Å²) in [6.45, 7) is 7.76. The lowest BCUT2D eigenvalue weighted by Gasteiger charge is -2.21. The molecule has 1 unspecified atom stereocenters. The van der Waals surface area contributed by atoms with Gasteiger partial charge in [-0.25, -0.2) is 9.78 Å². The average molecular weight is 429 g/mol. The molecular formula is C21H23N3O5S. The SMILES string of the molecule is CCOc1ccc(NC(=O)C(C)n2c(C(C)C)nc3scc(C(=O)O)c3c2=O)cc1. The van der Waals surface area contributed by atoms with Crippen LogP contribution >= 0.6 is 11.3 Å². The summed E-state index contributed by atoms with van der Waals surface area (Å²) in [7, 11) is 0. The molecule has 9 heteroatoms. The van der Waals surface area contributed by atoms with E-state index in [0.29, 0.717) is 28.7 Å². The number of aromatic nitrogens is 2. The fourth-order valence-corrected chi connectivity index (χ4v) is 4.03. The highest BCUT2D eigenvalue weighted by atomic mass is 32.1. The van der Waals surface area contributed by atoms with E-state index in [1.165, 1.54) is 9.95 Å². The number of amides is 1. The molecule has 1 aromatic carbocycles. The van der Waals surface area contributed by atoms with Gasteiger partial charge in [-0.05, 0) is 38.1 Å².